The number of hydrogen-bond donors (Lipinski definition) is 0. The molecule has 3 nitrogen and oxygen atoms in total. The van der Waals surface area contributed by atoms with E-state index >= 15 is 0 Å². The second-order valence-corrected chi connectivity index (χ2v) is 5.77. The summed E-state index contributed by atoms with van der Waals surface area (Å²) in [7, 11) is 0. The molecule has 0 radical (unpaired) electrons. The van der Waals surface area contributed by atoms with Gasteiger partial charge in [0.05, 0.1) is 0 Å². The number of rotatable bonds is 4. The Bertz CT molecular complexity index is 654. The molecule has 2 aromatic rings. The normalized spacial score (nSPS) is 12.7. The highest BCUT2D eigenvalue weighted by molar-refractivity contribution is 6.30. The zero-order chi connectivity index (χ0) is 14.8. The lowest BCUT2D eigenvalue weighted by atomic mass is 10.1. The van der Waals surface area contributed by atoms with Crippen LogP contribution in [0.5, 0.6) is 0 Å². The summed E-state index contributed by atoms with van der Waals surface area (Å²) in [5.74, 6) is 1.90. The lowest BCUT2D eigenvalue weighted by Crippen LogP contribution is -2.25. The number of fused-ring (bicyclic) bond motifs is 1. The number of hydrogen-bond acceptors (Lipinski definition) is 3. The molecule has 1 aliphatic carbocycles. The Labute approximate surface area is 143 Å². The average molecular weight is 338 g/mol. The minimum Gasteiger partial charge on any atom is -0.357 e. The molecule has 118 valence electrons. The molecule has 1 aromatic carbocycles. The summed E-state index contributed by atoms with van der Waals surface area (Å²) in [6.07, 6.45) is 3.33. The highest BCUT2D eigenvalue weighted by Crippen LogP contribution is 2.31. The Morgan fingerprint density at radius 3 is 2.59 bits per heavy atom. The van der Waals surface area contributed by atoms with Gasteiger partial charge in [-0.15, -0.1) is 12.4 Å². The third kappa shape index (κ3) is 3.21. The van der Waals surface area contributed by atoms with E-state index < -0.39 is 0 Å². The molecule has 0 spiro atoms. The first-order valence-electron chi connectivity index (χ1n) is 7.63. The van der Waals surface area contributed by atoms with E-state index in [2.05, 4.69) is 18.7 Å². The van der Waals surface area contributed by atoms with Gasteiger partial charge in [0.15, 0.2) is 5.82 Å². The number of benzene rings is 1. The van der Waals surface area contributed by atoms with Crippen molar-refractivity contribution in [1.82, 2.24) is 9.97 Å². The number of nitrogens with zero attached hydrogens (tertiary/aromatic N) is 3. The maximum Gasteiger partial charge on any atom is 0.161 e. The van der Waals surface area contributed by atoms with E-state index in [1.807, 2.05) is 24.3 Å². The van der Waals surface area contributed by atoms with Gasteiger partial charge in [-0.05, 0) is 45.2 Å². The lowest BCUT2D eigenvalue weighted by molar-refractivity contribution is 0.829. The van der Waals surface area contributed by atoms with Crippen LogP contribution in [0.25, 0.3) is 11.4 Å². The second-order valence-electron chi connectivity index (χ2n) is 5.33. The first-order valence-corrected chi connectivity index (χ1v) is 8.01. The molecule has 0 unspecified atom stereocenters. The maximum absolute atomic E-state index is 6.10. The maximum atomic E-state index is 6.10. The summed E-state index contributed by atoms with van der Waals surface area (Å²) in [6, 6.07) is 7.79. The van der Waals surface area contributed by atoms with Gasteiger partial charge in [-0.3, -0.25) is 0 Å². The van der Waals surface area contributed by atoms with Crippen LogP contribution in [0, 0.1) is 0 Å². The predicted octanol–water partition coefficient (Wildman–Crippen LogP) is 4.55. The number of halogens is 2. The van der Waals surface area contributed by atoms with Crippen LogP contribution in [0.15, 0.2) is 24.3 Å². The van der Waals surface area contributed by atoms with Crippen LogP contribution in [0.4, 0.5) is 5.82 Å². The van der Waals surface area contributed by atoms with Crippen molar-refractivity contribution in [2.45, 2.75) is 33.1 Å². The molecule has 0 bridgehead atoms. The van der Waals surface area contributed by atoms with Gasteiger partial charge < -0.3 is 4.90 Å². The molecular weight excluding hydrogens is 317 g/mol. The van der Waals surface area contributed by atoms with Crippen LogP contribution in [-0.2, 0) is 12.8 Å². The first-order chi connectivity index (χ1) is 10.2. The number of aromatic nitrogens is 2. The third-order valence-corrected chi connectivity index (χ3v) is 4.29. The molecule has 5 heteroatoms. The summed E-state index contributed by atoms with van der Waals surface area (Å²) >= 11 is 6.10. The van der Waals surface area contributed by atoms with E-state index in [1.54, 1.807) is 0 Å². The molecule has 0 saturated carbocycles. The van der Waals surface area contributed by atoms with Gasteiger partial charge in [-0.2, -0.15) is 0 Å². The number of anilines is 1. The summed E-state index contributed by atoms with van der Waals surface area (Å²) < 4.78 is 0. The first kappa shape index (κ1) is 17.0. The molecule has 22 heavy (non-hydrogen) atoms. The van der Waals surface area contributed by atoms with Crippen LogP contribution < -0.4 is 4.90 Å². The molecule has 0 fully saturated rings. The molecule has 3 rings (SSSR count). The quantitative estimate of drug-likeness (QED) is 0.819. The minimum absolute atomic E-state index is 0. The Balaban J connectivity index is 0.00000176. The van der Waals surface area contributed by atoms with Gasteiger partial charge in [0.1, 0.15) is 5.82 Å². The molecule has 1 aromatic heterocycles. The van der Waals surface area contributed by atoms with E-state index in [0.29, 0.717) is 0 Å². The fourth-order valence-electron chi connectivity index (χ4n) is 2.95. The highest BCUT2D eigenvalue weighted by Gasteiger charge is 2.22. The van der Waals surface area contributed by atoms with Crippen molar-refractivity contribution in [3.63, 3.8) is 0 Å². The Morgan fingerprint density at radius 2 is 1.91 bits per heavy atom. The van der Waals surface area contributed by atoms with Gasteiger partial charge in [0.25, 0.3) is 0 Å². The van der Waals surface area contributed by atoms with Crippen LogP contribution in [0.2, 0.25) is 5.02 Å². The zero-order valence-corrected chi connectivity index (χ0v) is 14.5. The standard InChI is InChI=1S/C17H20ClN3.ClH/c1-3-21(4-2)17-14-9-6-10-15(14)19-16(20-17)12-7-5-8-13(18)11-12;/h5,7-8,11H,3-4,6,9-10H2,1-2H3;1H. The fourth-order valence-corrected chi connectivity index (χ4v) is 3.14. The van der Waals surface area contributed by atoms with E-state index in [-0.39, 0.29) is 12.4 Å². The van der Waals surface area contributed by atoms with Crippen LogP contribution >= 0.6 is 24.0 Å². The van der Waals surface area contributed by atoms with E-state index in [1.165, 1.54) is 17.7 Å². The molecule has 1 aliphatic rings. The molecule has 0 aliphatic heterocycles. The molecule has 0 atom stereocenters. The fraction of sp³-hybridized carbons (Fsp3) is 0.412. The summed E-state index contributed by atoms with van der Waals surface area (Å²) in [4.78, 5) is 12.0. The van der Waals surface area contributed by atoms with Gasteiger partial charge in [0, 0.05) is 34.9 Å². The van der Waals surface area contributed by atoms with Gasteiger partial charge in [0.2, 0.25) is 0 Å². The molecular formula is C17H21Cl2N3. The van der Waals surface area contributed by atoms with Gasteiger partial charge >= 0.3 is 0 Å². The smallest absolute Gasteiger partial charge is 0.161 e. The van der Waals surface area contributed by atoms with Crippen molar-refractivity contribution in [2.75, 3.05) is 18.0 Å². The largest absolute Gasteiger partial charge is 0.357 e. The summed E-state index contributed by atoms with van der Waals surface area (Å²) in [5, 5.41) is 0.723. The predicted molar refractivity (Wildman–Crippen MR) is 95.3 cm³/mol. The van der Waals surface area contributed by atoms with E-state index in [4.69, 9.17) is 21.6 Å². The topological polar surface area (TPSA) is 29.0 Å². The van der Waals surface area contributed by atoms with Crippen molar-refractivity contribution in [3.8, 4) is 11.4 Å². The van der Waals surface area contributed by atoms with Crippen LogP contribution in [0.1, 0.15) is 31.5 Å². The van der Waals surface area contributed by atoms with Gasteiger partial charge in [-0.1, -0.05) is 23.7 Å². The molecule has 0 saturated heterocycles. The van der Waals surface area contributed by atoms with Crippen molar-refractivity contribution >= 4 is 29.8 Å². The van der Waals surface area contributed by atoms with Crippen molar-refractivity contribution < 1.29 is 0 Å². The lowest BCUT2D eigenvalue weighted by Gasteiger charge is -2.23. The van der Waals surface area contributed by atoms with Crippen molar-refractivity contribution in [2.24, 2.45) is 0 Å². The van der Waals surface area contributed by atoms with Crippen LogP contribution in [0.3, 0.4) is 0 Å². The SMILES string of the molecule is CCN(CC)c1nc(-c2cccc(Cl)c2)nc2c1CCC2.Cl. The molecule has 1 heterocycles. The molecule has 0 amide bonds. The Hall–Kier alpha value is -1.32. The second kappa shape index (κ2) is 7.30. The summed E-state index contributed by atoms with van der Waals surface area (Å²) in [6.45, 7) is 6.28. The van der Waals surface area contributed by atoms with Crippen molar-refractivity contribution in [1.29, 1.82) is 0 Å². The monoisotopic (exact) mass is 337 g/mol. The Kier molecular flexibility index (Phi) is 5.65. The van der Waals surface area contributed by atoms with Crippen LogP contribution in [-0.4, -0.2) is 23.1 Å². The third-order valence-electron chi connectivity index (χ3n) is 4.06. The zero-order valence-electron chi connectivity index (χ0n) is 13.0. The van der Waals surface area contributed by atoms with Gasteiger partial charge in [-0.25, -0.2) is 9.97 Å². The number of aryl methyl sites for hydroxylation is 1. The Morgan fingerprint density at radius 1 is 1.14 bits per heavy atom. The van der Waals surface area contributed by atoms with Crippen molar-refractivity contribution in [3.05, 3.63) is 40.5 Å². The summed E-state index contributed by atoms with van der Waals surface area (Å²) in [5.41, 5.74) is 3.54. The average Bonchev–Trinajstić information content (AvgIpc) is 2.97. The molecule has 0 N–H and O–H groups in total. The van der Waals surface area contributed by atoms with E-state index in [0.717, 1.165) is 48.2 Å². The highest BCUT2D eigenvalue weighted by atomic mass is 35.5. The van der Waals surface area contributed by atoms with E-state index in [9.17, 15) is 0 Å². The minimum atomic E-state index is 0.